The summed E-state index contributed by atoms with van der Waals surface area (Å²) in [6.07, 6.45) is 6.50. The van der Waals surface area contributed by atoms with Crippen LogP contribution in [0.4, 0.5) is 0 Å². The van der Waals surface area contributed by atoms with Crippen LogP contribution < -0.4 is 4.74 Å². The van der Waals surface area contributed by atoms with E-state index in [2.05, 4.69) is 127 Å². The summed E-state index contributed by atoms with van der Waals surface area (Å²) in [7, 11) is 1.81. The number of quaternary nitrogens is 1. The van der Waals surface area contributed by atoms with E-state index in [0.717, 1.165) is 41.8 Å². The number of hydrogen-bond acceptors (Lipinski definition) is 3. The first-order valence-electron chi connectivity index (χ1n) is 17.1. The van der Waals surface area contributed by atoms with Gasteiger partial charge in [-0.3, -0.25) is 4.98 Å². The van der Waals surface area contributed by atoms with Crippen molar-refractivity contribution in [1.82, 2.24) is 4.98 Å². The summed E-state index contributed by atoms with van der Waals surface area (Å²) in [6, 6.07) is 26.5. The van der Waals surface area contributed by atoms with Crippen molar-refractivity contribution in [1.29, 1.82) is 0 Å². The molecule has 4 heterocycles. The van der Waals surface area contributed by atoms with Crippen molar-refractivity contribution in [3.05, 3.63) is 119 Å². The van der Waals surface area contributed by atoms with Gasteiger partial charge in [0.2, 0.25) is 0 Å². The first-order chi connectivity index (χ1) is 21.9. The van der Waals surface area contributed by atoms with Gasteiger partial charge >= 0.3 is 0 Å². The van der Waals surface area contributed by atoms with Crippen LogP contribution in [0.15, 0.2) is 91.6 Å². The van der Waals surface area contributed by atoms with E-state index in [0.29, 0.717) is 24.5 Å². The summed E-state index contributed by atoms with van der Waals surface area (Å²) in [6.45, 7) is 22.0. The van der Waals surface area contributed by atoms with Gasteiger partial charge in [-0.1, -0.05) is 96.1 Å². The number of para-hydroxylation sites is 1. The van der Waals surface area contributed by atoms with Crippen LogP contribution in [-0.2, 0) is 28.7 Å². The summed E-state index contributed by atoms with van der Waals surface area (Å²) in [5, 5.41) is 1.19. The van der Waals surface area contributed by atoms with Crippen LogP contribution in [0.3, 0.4) is 0 Å². The fourth-order valence-corrected chi connectivity index (χ4v) is 8.45. The van der Waals surface area contributed by atoms with Crippen molar-refractivity contribution in [3.8, 4) is 5.75 Å². The van der Waals surface area contributed by atoms with E-state index >= 15 is 0 Å². The standard InChI is InChI=1S/C42H53N2O2/c1-9-30-26-44(27-32-23-36(42(5,6)7)39(45-8)25-35(32)41(2,3)4)22-20-31(30)24-38(44)40(46-28-29-15-11-10-12-16-29)34-19-21-43-37-18-14-13-17-33(34)37/h9-19,21,23,25,30-31,38,40H,1,20,22,24,26-28H2,2-8H3/q+1/t30-,31-,38-,40+,44-/m0/s1. The smallest absolute Gasteiger partial charge is 0.135 e. The molecule has 0 spiro atoms. The number of benzene rings is 3. The summed E-state index contributed by atoms with van der Waals surface area (Å²) in [5.41, 5.74) is 7.52. The average Bonchev–Trinajstić information content (AvgIpc) is 3.04. The van der Waals surface area contributed by atoms with E-state index in [1.54, 1.807) is 0 Å². The predicted molar refractivity (Wildman–Crippen MR) is 190 cm³/mol. The van der Waals surface area contributed by atoms with Gasteiger partial charge in [0, 0.05) is 35.9 Å². The Bertz CT molecular complexity index is 1680. The van der Waals surface area contributed by atoms with Crippen LogP contribution in [0.25, 0.3) is 10.9 Å². The molecule has 4 aromatic rings. The van der Waals surface area contributed by atoms with E-state index in [-0.39, 0.29) is 16.9 Å². The SMILES string of the molecule is C=C[C@H]1C[N@+]2(Cc3cc(C(C)(C)C)c(OC)cc3C(C)(C)C)CC[C@H]1C[C@H]2[C@H](OCc1ccccc1)c1ccnc2ccccc12. The van der Waals surface area contributed by atoms with Gasteiger partial charge in [-0.25, -0.2) is 0 Å². The van der Waals surface area contributed by atoms with E-state index < -0.39 is 0 Å². The molecule has 242 valence electrons. The van der Waals surface area contributed by atoms with Gasteiger partial charge in [0.25, 0.3) is 0 Å². The van der Waals surface area contributed by atoms with Gasteiger partial charge in [0.1, 0.15) is 24.4 Å². The highest BCUT2D eigenvalue weighted by Gasteiger charge is 2.55. The van der Waals surface area contributed by atoms with Crippen LogP contribution in [-0.4, -0.2) is 35.7 Å². The number of nitrogens with zero attached hydrogens (tertiary/aromatic N) is 2. The van der Waals surface area contributed by atoms with Crippen molar-refractivity contribution < 1.29 is 14.0 Å². The van der Waals surface area contributed by atoms with Gasteiger partial charge < -0.3 is 14.0 Å². The first-order valence-corrected chi connectivity index (χ1v) is 17.1. The normalized spacial score (nSPS) is 23.8. The number of aromatic nitrogens is 1. The summed E-state index contributed by atoms with van der Waals surface area (Å²) in [5.74, 6) is 2.13. The molecule has 3 saturated heterocycles. The Balaban J connectivity index is 1.51. The molecule has 2 bridgehead atoms. The van der Waals surface area contributed by atoms with Crippen molar-refractivity contribution in [3.63, 3.8) is 0 Å². The van der Waals surface area contributed by atoms with Crippen LogP contribution in [0.1, 0.15) is 88.3 Å². The van der Waals surface area contributed by atoms with E-state index in [1.807, 2.05) is 13.3 Å². The predicted octanol–water partition coefficient (Wildman–Crippen LogP) is 9.71. The zero-order valence-corrected chi connectivity index (χ0v) is 29.1. The summed E-state index contributed by atoms with van der Waals surface area (Å²) in [4.78, 5) is 4.75. The molecule has 4 nitrogen and oxygen atoms in total. The number of methoxy groups -OCH3 is 1. The lowest BCUT2D eigenvalue weighted by Gasteiger charge is -2.59. The fraction of sp³-hybridized carbons (Fsp3) is 0.452. The second-order valence-corrected chi connectivity index (χ2v) is 15.9. The first kappa shape index (κ1) is 32.5. The lowest BCUT2D eigenvalue weighted by molar-refractivity contribution is -0.985. The summed E-state index contributed by atoms with van der Waals surface area (Å²) < 4.78 is 14.2. The monoisotopic (exact) mass is 617 g/mol. The molecule has 0 N–H and O–H groups in total. The second kappa shape index (κ2) is 12.6. The third kappa shape index (κ3) is 6.27. The highest BCUT2D eigenvalue weighted by atomic mass is 16.5. The molecule has 0 amide bonds. The molecular formula is C42H53N2O2+. The molecule has 0 saturated carbocycles. The molecule has 3 aliphatic rings. The molecule has 3 fully saturated rings. The molecule has 0 unspecified atom stereocenters. The Morgan fingerprint density at radius 1 is 0.935 bits per heavy atom. The Morgan fingerprint density at radius 2 is 1.65 bits per heavy atom. The Hall–Kier alpha value is -3.47. The van der Waals surface area contributed by atoms with Crippen LogP contribution in [0, 0.1) is 11.8 Å². The number of piperidine rings is 3. The maximum absolute atomic E-state index is 7.17. The highest BCUT2D eigenvalue weighted by Crippen LogP contribution is 2.50. The van der Waals surface area contributed by atoms with E-state index in [9.17, 15) is 0 Å². The third-order valence-electron chi connectivity index (χ3n) is 10.8. The summed E-state index contributed by atoms with van der Waals surface area (Å²) >= 11 is 0. The quantitative estimate of drug-likeness (QED) is 0.138. The number of pyridine rings is 1. The fourth-order valence-electron chi connectivity index (χ4n) is 8.45. The largest absolute Gasteiger partial charge is 0.496 e. The van der Waals surface area contributed by atoms with Crippen LogP contribution in [0.2, 0.25) is 0 Å². The number of hydrogen-bond donors (Lipinski definition) is 0. The average molecular weight is 618 g/mol. The van der Waals surface area contributed by atoms with Crippen molar-refractivity contribution in [2.45, 2.75) is 90.5 Å². The molecule has 4 heteroatoms. The number of fused-ring (bicyclic) bond motifs is 4. The lowest BCUT2D eigenvalue weighted by atomic mass is 9.70. The zero-order chi connectivity index (χ0) is 32.7. The van der Waals surface area contributed by atoms with Gasteiger partial charge in [0.15, 0.2) is 0 Å². The van der Waals surface area contributed by atoms with Crippen molar-refractivity contribution >= 4 is 10.9 Å². The topological polar surface area (TPSA) is 31.4 Å². The molecule has 0 aliphatic carbocycles. The molecular weight excluding hydrogens is 564 g/mol. The highest BCUT2D eigenvalue weighted by molar-refractivity contribution is 5.82. The Kier molecular flexibility index (Phi) is 8.91. The minimum atomic E-state index is -0.0694. The molecule has 0 radical (unpaired) electrons. The minimum Gasteiger partial charge on any atom is -0.496 e. The second-order valence-electron chi connectivity index (χ2n) is 15.9. The Morgan fingerprint density at radius 3 is 2.35 bits per heavy atom. The van der Waals surface area contributed by atoms with Crippen molar-refractivity contribution in [2.75, 3.05) is 20.2 Å². The molecule has 7 rings (SSSR count). The maximum atomic E-state index is 7.17. The molecule has 1 aromatic heterocycles. The number of rotatable bonds is 9. The lowest BCUT2D eigenvalue weighted by Crippen LogP contribution is -2.67. The third-order valence-corrected chi connectivity index (χ3v) is 10.8. The van der Waals surface area contributed by atoms with Gasteiger partial charge in [-0.15, -0.1) is 6.58 Å². The Labute approximate surface area is 277 Å². The molecule has 3 aromatic carbocycles. The van der Waals surface area contributed by atoms with E-state index in [4.69, 9.17) is 14.5 Å². The van der Waals surface area contributed by atoms with Crippen molar-refractivity contribution in [2.24, 2.45) is 11.8 Å². The van der Waals surface area contributed by atoms with Gasteiger partial charge in [-0.05, 0) is 63.3 Å². The van der Waals surface area contributed by atoms with Crippen LogP contribution in [0.5, 0.6) is 5.75 Å². The maximum Gasteiger partial charge on any atom is 0.135 e. The molecule has 3 aliphatic heterocycles. The number of ether oxygens (including phenoxy) is 2. The van der Waals surface area contributed by atoms with Gasteiger partial charge in [-0.2, -0.15) is 0 Å². The molecule has 46 heavy (non-hydrogen) atoms. The van der Waals surface area contributed by atoms with Crippen LogP contribution >= 0.6 is 0 Å². The van der Waals surface area contributed by atoms with E-state index in [1.165, 1.54) is 39.6 Å². The zero-order valence-electron chi connectivity index (χ0n) is 29.1. The molecule has 5 atom stereocenters. The minimum absolute atomic E-state index is 0.0245. The van der Waals surface area contributed by atoms with Gasteiger partial charge in [0.05, 0.1) is 32.3 Å².